The number of rotatable bonds is 3. The molecule has 0 aliphatic rings. The number of carbonyl (C=O) groups excluding carboxylic acids is 1. The normalized spacial score (nSPS) is 10.7. The summed E-state index contributed by atoms with van der Waals surface area (Å²) >= 11 is 0. The fourth-order valence-corrected chi connectivity index (χ4v) is 1.45. The van der Waals surface area contributed by atoms with Crippen LogP contribution in [0.15, 0.2) is 30.9 Å². The van der Waals surface area contributed by atoms with E-state index in [-0.39, 0.29) is 0 Å². The SMILES string of the molecule is CC(C)c1cnn(-c2cnccc2C=O)c1. The summed E-state index contributed by atoms with van der Waals surface area (Å²) in [4.78, 5) is 14.9. The van der Waals surface area contributed by atoms with Crippen LogP contribution >= 0.6 is 0 Å². The molecule has 2 rings (SSSR count). The molecule has 0 atom stereocenters. The molecular formula is C12H13N3O. The molecule has 2 aromatic heterocycles. The first-order valence-electron chi connectivity index (χ1n) is 5.16. The van der Waals surface area contributed by atoms with E-state index < -0.39 is 0 Å². The molecule has 16 heavy (non-hydrogen) atoms. The molecule has 0 amide bonds. The minimum Gasteiger partial charge on any atom is -0.298 e. The first kappa shape index (κ1) is 10.5. The van der Waals surface area contributed by atoms with Crippen molar-refractivity contribution < 1.29 is 4.79 Å². The molecule has 0 N–H and O–H groups in total. The lowest BCUT2D eigenvalue weighted by Gasteiger charge is -2.03. The maximum Gasteiger partial charge on any atom is 0.152 e. The van der Waals surface area contributed by atoms with Crippen LogP contribution in [-0.2, 0) is 0 Å². The molecule has 0 unspecified atom stereocenters. The van der Waals surface area contributed by atoms with Crippen molar-refractivity contribution in [3.05, 3.63) is 42.0 Å². The van der Waals surface area contributed by atoms with Crippen LogP contribution in [0.4, 0.5) is 0 Å². The van der Waals surface area contributed by atoms with Crippen LogP contribution in [-0.4, -0.2) is 21.1 Å². The van der Waals surface area contributed by atoms with Gasteiger partial charge in [-0.3, -0.25) is 9.78 Å². The minimum absolute atomic E-state index is 0.421. The Morgan fingerprint density at radius 1 is 1.38 bits per heavy atom. The van der Waals surface area contributed by atoms with Crippen LogP contribution in [0.3, 0.4) is 0 Å². The highest BCUT2D eigenvalue weighted by Gasteiger charge is 2.07. The highest BCUT2D eigenvalue weighted by Crippen LogP contribution is 2.16. The number of aldehydes is 1. The van der Waals surface area contributed by atoms with Gasteiger partial charge in [-0.2, -0.15) is 5.10 Å². The summed E-state index contributed by atoms with van der Waals surface area (Å²) in [6.45, 7) is 4.20. The molecule has 4 nitrogen and oxygen atoms in total. The molecule has 0 fully saturated rings. The van der Waals surface area contributed by atoms with Gasteiger partial charge in [0.25, 0.3) is 0 Å². The van der Waals surface area contributed by atoms with Gasteiger partial charge >= 0.3 is 0 Å². The number of nitrogens with zero attached hydrogens (tertiary/aromatic N) is 3. The monoisotopic (exact) mass is 215 g/mol. The van der Waals surface area contributed by atoms with Crippen molar-refractivity contribution in [1.29, 1.82) is 0 Å². The lowest BCUT2D eigenvalue weighted by atomic mass is 10.1. The summed E-state index contributed by atoms with van der Waals surface area (Å²) < 4.78 is 1.69. The smallest absolute Gasteiger partial charge is 0.152 e. The Balaban J connectivity index is 2.46. The van der Waals surface area contributed by atoms with Gasteiger partial charge in [0.1, 0.15) is 0 Å². The Bertz CT molecular complexity index is 502. The Kier molecular flexibility index (Phi) is 2.81. The first-order valence-corrected chi connectivity index (χ1v) is 5.16. The lowest BCUT2D eigenvalue weighted by Crippen LogP contribution is -2.00. The van der Waals surface area contributed by atoms with E-state index in [0.29, 0.717) is 17.2 Å². The maximum atomic E-state index is 10.9. The average Bonchev–Trinajstić information content (AvgIpc) is 2.78. The molecule has 82 valence electrons. The topological polar surface area (TPSA) is 47.8 Å². The van der Waals surface area contributed by atoms with Crippen LogP contribution in [0.2, 0.25) is 0 Å². The molecule has 0 saturated heterocycles. The third-order valence-corrected chi connectivity index (χ3v) is 2.48. The quantitative estimate of drug-likeness (QED) is 0.737. The van der Waals surface area contributed by atoms with Gasteiger partial charge in [-0.1, -0.05) is 13.8 Å². The van der Waals surface area contributed by atoms with E-state index in [4.69, 9.17) is 0 Å². The van der Waals surface area contributed by atoms with E-state index in [0.717, 1.165) is 11.8 Å². The number of carbonyl (C=O) groups is 1. The molecule has 2 heterocycles. The summed E-state index contributed by atoms with van der Waals surface area (Å²) in [5.41, 5.74) is 2.44. The van der Waals surface area contributed by atoms with Gasteiger partial charge in [-0.15, -0.1) is 0 Å². The van der Waals surface area contributed by atoms with Gasteiger partial charge in [0.2, 0.25) is 0 Å². The fourth-order valence-electron chi connectivity index (χ4n) is 1.45. The summed E-state index contributed by atoms with van der Waals surface area (Å²) in [5.74, 6) is 0.421. The zero-order valence-corrected chi connectivity index (χ0v) is 9.29. The molecule has 0 aliphatic heterocycles. The van der Waals surface area contributed by atoms with E-state index in [1.807, 2.05) is 12.4 Å². The van der Waals surface area contributed by atoms with Crippen LogP contribution in [0.1, 0.15) is 35.7 Å². The maximum absolute atomic E-state index is 10.9. The number of aromatic nitrogens is 3. The third-order valence-electron chi connectivity index (χ3n) is 2.48. The average molecular weight is 215 g/mol. The molecule has 0 saturated carbocycles. The second kappa shape index (κ2) is 4.26. The molecule has 0 radical (unpaired) electrons. The highest BCUT2D eigenvalue weighted by molar-refractivity contribution is 5.80. The van der Waals surface area contributed by atoms with Gasteiger partial charge in [0, 0.05) is 18.0 Å². The van der Waals surface area contributed by atoms with Crippen LogP contribution in [0.5, 0.6) is 0 Å². The second-order valence-electron chi connectivity index (χ2n) is 3.93. The molecule has 4 heteroatoms. The van der Waals surface area contributed by atoms with Crippen molar-refractivity contribution in [1.82, 2.24) is 14.8 Å². The standard InChI is InChI=1S/C12H13N3O/c1-9(2)11-5-14-15(7-11)12-6-13-4-3-10(12)8-16/h3-9H,1-2H3. The van der Waals surface area contributed by atoms with E-state index in [2.05, 4.69) is 23.9 Å². The Morgan fingerprint density at radius 2 is 2.19 bits per heavy atom. The predicted octanol–water partition coefficient (Wildman–Crippen LogP) is 2.20. The van der Waals surface area contributed by atoms with Gasteiger partial charge in [-0.05, 0) is 17.5 Å². The molecule has 2 aromatic rings. The molecule has 0 spiro atoms. The van der Waals surface area contributed by atoms with Gasteiger partial charge in [0.05, 0.1) is 18.1 Å². The van der Waals surface area contributed by atoms with Crippen LogP contribution < -0.4 is 0 Å². The van der Waals surface area contributed by atoms with Gasteiger partial charge in [-0.25, -0.2) is 4.68 Å². The van der Waals surface area contributed by atoms with Crippen molar-refractivity contribution in [2.45, 2.75) is 19.8 Å². The van der Waals surface area contributed by atoms with E-state index in [9.17, 15) is 4.79 Å². The largest absolute Gasteiger partial charge is 0.298 e. The first-order chi connectivity index (χ1) is 7.72. The summed E-state index contributed by atoms with van der Waals surface area (Å²) in [6.07, 6.45) is 7.79. The van der Waals surface area contributed by atoms with E-state index in [1.54, 1.807) is 23.1 Å². The summed E-state index contributed by atoms with van der Waals surface area (Å²) in [7, 11) is 0. The summed E-state index contributed by atoms with van der Waals surface area (Å²) in [5, 5.41) is 4.23. The highest BCUT2D eigenvalue weighted by atomic mass is 16.1. The Morgan fingerprint density at radius 3 is 2.81 bits per heavy atom. The fraction of sp³-hybridized carbons (Fsp3) is 0.250. The lowest BCUT2D eigenvalue weighted by molar-refractivity contribution is 0.112. The van der Waals surface area contributed by atoms with Crippen molar-refractivity contribution in [3.8, 4) is 5.69 Å². The van der Waals surface area contributed by atoms with Crippen LogP contribution in [0, 0.1) is 0 Å². The van der Waals surface area contributed by atoms with Gasteiger partial charge < -0.3 is 0 Å². The van der Waals surface area contributed by atoms with Crippen molar-refractivity contribution in [2.24, 2.45) is 0 Å². The van der Waals surface area contributed by atoms with Crippen molar-refractivity contribution >= 4 is 6.29 Å². The zero-order chi connectivity index (χ0) is 11.5. The summed E-state index contributed by atoms with van der Waals surface area (Å²) in [6, 6.07) is 1.68. The van der Waals surface area contributed by atoms with Crippen molar-refractivity contribution in [2.75, 3.05) is 0 Å². The zero-order valence-electron chi connectivity index (χ0n) is 9.29. The Labute approximate surface area is 93.9 Å². The molecule has 0 aliphatic carbocycles. The minimum atomic E-state index is 0.421. The predicted molar refractivity (Wildman–Crippen MR) is 60.8 cm³/mol. The second-order valence-corrected chi connectivity index (χ2v) is 3.93. The molecule has 0 aromatic carbocycles. The number of hydrogen-bond acceptors (Lipinski definition) is 3. The van der Waals surface area contributed by atoms with E-state index in [1.165, 1.54) is 0 Å². The molecular weight excluding hydrogens is 202 g/mol. The van der Waals surface area contributed by atoms with Gasteiger partial charge in [0.15, 0.2) is 6.29 Å². The number of hydrogen-bond donors (Lipinski definition) is 0. The van der Waals surface area contributed by atoms with Crippen molar-refractivity contribution in [3.63, 3.8) is 0 Å². The number of pyridine rings is 1. The van der Waals surface area contributed by atoms with Crippen LogP contribution in [0.25, 0.3) is 5.69 Å². The van der Waals surface area contributed by atoms with E-state index >= 15 is 0 Å². The Hall–Kier alpha value is -1.97. The molecule has 0 bridgehead atoms. The third kappa shape index (κ3) is 1.86.